The maximum absolute atomic E-state index is 5.72. The molecule has 0 radical (unpaired) electrons. The van der Waals surface area contributed by atoms with Crippen LogP contribution in [-0.2, 0) is 7.05 Å². The molecule has 6 nitrogen and oxygen atoms in total. The van der Waals surface area contributed by atoms with Crippen molar-refractivity contribution < 1.29 is 4.74 Å². The van der Waals surface area contributed by atoms with E-state index in [1.807, 2.05) is 55.3 Å². The Morgan fingerprint density at radius 2 is 2.15 bits per heavy atom. The number of hydrogen-bond donors (Lipinski definition) is 1. The lowest BCUT2D eigenvalue weighted by molar-refractivity contribution is 0.310. The number of nitrogens with one attached hydrogen (secondary N) is 1. The summed E-state index contributed by atoms with van der Waals surface area (Å²) < 4.78 is 7.59. The maximum atomic E-state index is 5.72. The van der Waals surface area contributed by atoms with E-state index in [4.69, 9.17) is 4.74 Å². The standard InChI is InChI=1S/C19H27N5O.HI/c1-20-19(21-10-6-12-25-18-7-4-3-5-8-18)24-11-9-16(15-24)17-13-22-23(2)14-17;/h3-5,7-8,13-14,16H,6,9-12,15H2,1-2H3,(H,20,21);1H. The van der Waals surface area contributed by atoms with Crippen LogP contribution in [0.4, 0.5) is 0 Å². The number of halogens is 1. The SMILES string of the molecule is CN=C(NCCCOc1ccccc1)N1CCC(c2cnn(C)c2)C1.I. The molecule has 0 spiro atoms. The number of benzene rings is 1. The zero-order valence-electron chi connectivity index (χ0n) is 15.5. The maximum Gasteiger partial charge on any atom is 0.193 e. The summed E-state index contributed by atoms with van der Waals surface area (Å²) in [6.07, 6.45) is 6.17. The van der Waals surface area contributed by atoms with Gasteiger partial charge in [0.25, 0.3) is 0 Å². The molecule has 1 unspecified atom stereocenters. The first kappa shape index (κ1) is 20.5. The summed E-state index contributed by atoms with van der Waals surface area (Å²) in [6.45, 7) is 3.57. The molecule has 0 bridgehead atoms. The second kappa shape index (κ2) is 10.4. The van der Waals surface area contributed by atoms with E-state index in [9.17, 15) is 0 Å². The van der Waals surface area contributed by atoms with Crippen molar-refractivity contribution in [2.75, 3.05) is 33.3 Å². The summed E-state index contributed by atoms with van der Waals surface area (Å²) >= 11 is 0. The van der Waals surface area contributed by atoms with Crippen LogP contribution in [0, 0.1) is 0 Å². The van der Waals surface area contributed by atoms with E-state index in [1.54, 1.807) is 0 Å². The average molecular weight is 469 g/mol. The lowest BCUT2D eigenvalue weighted by atomic mass is 10.0. The van der Waals surface area contributed by atoms with Gasteiger partial charge in [-0.15, -0.1) is 24.0 Å². The normalized spacial score (nSPS) is 17.1. The van der Waals surface area contributed by atoms with E-state index in [0.717, 1.165) is 44.2 Å². The number of para-hydroxylation sites is 1. The molecule has 26 heavy (non-hydrogen) atoms. The molecule has 2 heterocycles. The van der Waals surface area contributed by atoms with Gasteiger partial charge in [0.05, 0.1) is 12.8 Å². The van der Waals surface area contributed by atoms with Gasteiger partial charge in [0.1, 0.15) is 5.75 Å². The van der Waals surface area contributed by atoms with Gasteiger partial charge in [0.2, 0.25) is 0 Å². The highest BCUT2D eigenvalue weighted by atomic mass is 127. The minimum atomic E-state index is 0. The zero-order valence-corrected chi connectivity index (χ0v) is 17.8. The molecule has 7 heteroatoms. The van der Waals surface area contributed by atoms with E-state index in [0.29, 0.717) is 12.5 Å². The number of guanidine groups is 1. The van der Waals surface area contributed by atoms with E-state index in [-0.39, 0.29) is 24.0 Å². The molecule has 1 atom stereocenters. The van der Waals surface area contributed by atoms with Crippen LogP contribution in [0.25, 0.3) is 0 Å². The summed E-state index contributed by atoms with van der Waals surface area (Å²) in [6, 6.07) is 9.93. The second-order valence-corrected chi connectivity index (χ2v) is 6.37. The quantitative estimate of drug-likeness (QED) is 0.306. The number of aromatic nitrogens is 2. The van der Waals surface area contributed by atoms with Crippen LogP contribution in [0.3, 0.4) is 0 Å². The summed E-state index contributed by atoms with van der Waals surface area (Å²) in [5.41, 5.74) is 1.32. The Hall–Kier alpha value is -1.77. The Morgan fingerprint density at radius 1 is 1.35 bits per heavy atom. The van der Waals surface area contributed by atoms with E-state index >= 15 is 0 Å². The van der Waals surface area contributed by atoms with Crippen molar-refractivity contribution in [3.05, 3.63) is 48.3 Å². The molecule has 1 N–H and O–H groups in total. The summed E-state index contributed by atoms with van der Waals surface area (Å²) in [5.74, 6) is 2.44. The predicted molar refractivity (Wildman–Crippen MR) is 115 cm³/mol. The number of rotatable bonds is 6. The van der Waals surface area contributed by atoms with Crippen molar-refractivity contribution >= 4 is 29.9 Å². The number of likely N-dealkylation sites (tertiary alicyclic amines) is 1. The van der Waals surface area contributed by atoms with Crippen LogP contribution in [0.15, 0.2) is 47.7 Å². The summed E-state index contributed by atoms with van der Waals surface area (Å²) in [5, 5.41) is 7.73. The first-order valence-electron chi connectivity index (χ1n) is 8.88. The molecule has 2 aromatic rings. The van der Waals surface area contributed by atoms with Gasteiger partial charge in [-0.25, -0.2) is 0 Å². The van der Waals surface area contributed by atoms with Crippen LogP contribution < -0.4 is 10.1 Å². The number of nitrogens with zero attached hydrogens (tertiary/aromatic N) is 4. The minimum Gasteiger partial charge on any atom is -0.494 e. The average Bonchev–Trinajstić information content (AvgIpc) is 3.28. The van der Waals surface area contributed by atoms with Gasteiger partial charge >= 0.3 is 0 Å². The number of ether oxygens (including phenoxy) is 1. The molecule has 0 amide bonds. The number of aryl methyl sites for hydroxylation is 1. The lowest BCUT2D eigenvalue weighted by Crippen LogP contribution is -2.40. The van der Waals surface area contributed by atoms with Crippen molar-refractivity contribution in [3.8, 4) is 5.75 Å². The van der Waals surface area contributed by atoms with Crippen LogP contribution in [0.2, 0.25) is 0 Å². The van der Waals surface area contributed by atoms with E-state index in [2.05, 4.69) is 26.5 Å². The van der Waals surface area contributed by atoms with E-state index in [1.165, 1.54) is 5.56 Å². The Balaban J connectivity index is 0.00000243. The largest absolute Gasteiger partial charge is 0.494 e. The molecule has 142 valence electrons. The fraction of sp³-hybridized carbons (Fsp3) is 0.474. The van der Waals surface area contributed by atoms with Gasteiger partial charge in [-0.1, -0.05) is 18.2 Å². The van der Waals surface area contributed by atoms with Crippen LogP contribution in [0.1, 0.15) is 24.3 Å². The summed E-state index contributed by atoms with van der Waals surface area (Å²) in [4.78, 5) is 6.76. The number of hydrogen-bond acceptors (Lipinski definition) is 3. The van der Waals surface area contributed by atoms with Crippen molar-refractivity contribution in [2.45, 2.75) is 18.8 Å². The highest BCUT2D eigenvalue weighted by Gasteiger charge is 2.26. The van der Waals surface area contributed by atoms with Gasteiger partial charge < -0.3 is 15.0 Å². The third-order valence-electron chi connectivity index (χ3n) is 4.51. The Morgan fingerprint density at radius 3 is 2.85 bits per heavy atom. The zero-order chi connectivity index (χ0) is 17.5. The topological polar surface area (TPSA) is 54.7 Å². The monoisotopic (exact) mass is 469 g/mol. The molecule has 1 fully saturated rings. The number of aliphatic imine (C=N–C) groups is 1. The first-order chi connectivity index (χ1) is 12.3. The highest BCUT2D eigenvalue weighted by molar-refractivity contribution is 14.0. The lowest BCUT2D eigenvalue weighted by Gasteiger charge is -2.21. The molecule has 0 saturated carbocycles. The fourth-order valence-corrected chi connectivity index (χ4v) is 3.19. The molecule has 3 rings (SSSR count). The smallest absolute Gasteiger partial charge is 0.193 e. The predicted octanol–water partition coefficient (Wildman–Crippen LogP) is 2.87. The van der Waals surface area contributed by atoms with Crippen molar-refractivity contribution in [1.29, 1.82) is 0 Å². The molecular weight excluding hydrogens is 441 g/mol. The van der Waals surface area contributed by atoms with Crippen LogP contribution in [0.5, 0.6) is 5.75 Å². The van der Waals surface area contributed by atoms with Gasteiger partial charge in [0.15, 0.2) is 5.96 Å². The molecular formula is C19H28IN5O. The van der Waals surface area contributed by atoms with Crippen molar-refractivity contribution in [3.63, 3.8) is 0 Å². The third-order valence-corrected chi connectivity index (χ3v) is 4.51. The third kappa shape index (κ3) is 5.62. The van der Waals surface area contributed by atoms with Gasteiger partial charge in [0, 0.05) is 45.8 Å². The molecule has 1 saturated heterocycles. The molecule has 0 aliphatic carbocycles. The molecule has 1 aliphatic rings. The molecule has 1 aliphatic heterocycles. The Labute approximate surface area is 172 Å². The second-order valence-electron chi connectivity index (χ2n) is 6.37. The van der Waals surface area contributed by atoms with Gasteiger partial charge in [-0.2, -0.15) is 5.10 Å². The Bertz CT molecular complexity index is 688. The summed E-state index contributed by atoms with van der Waals surface area (Å²) in [7, 11) is 3.81. The highest BCUT2D eigenvalue weighted by Crippen LogP contribution is 2.26. The fourth-order valence-electron chi connectivity index (χ4n) is 3.19. The minimum absolute atomic E-state index is 0. The molecule has 1 aromatic carbocycles. The molecule has 1 aromatic heterocycles. The van der Waals surface area contributed by atoms with Crippen molar-refractivity contribution in [2.24, 2.45) is 12.0 Å². The van der Waals surface area contributed by atoms with Crippen molar-refractivity contribution in [1.82, 2.24) is 20.0 Å². The van der Waals surface area contributed by atoms with E-state index < -0.39 is 0 Å². The first-order valence-corrected chi connectivity index (χ1v) is 8.88. The van der Waals surface area contributed by atoms with Crippen LogP contribution in [-0.4, -0.2) is 53.9 Å². The van der Waals surface area contributed by atoms with Gasteiger partial charge in [-0.05, 0) is 30.5 Å². The van der Waals surface area contributed by atoms with Crippen LogP contribution >= 0.6 is 24.0 Å². The Kier molecular flexibility index (Phi) is 8.21. The van der Waals surface area contributed by atoms with Gasteiger partial charge in [-0.3, -0.25) is 9.67 Å².